The molecule has 0 aliphatic rings. The van der Waals surface area contributed by atoms with E-state index in [2.05, 4.69) is 35.0 Å². The number of nitrogens with zero attached hydrogens (tertiary/aromatic N) is 3. The van der Waals surface area contributed by atoms with Crippen molar-refractivity contribution in [1.82, 2.24) is 4.90 Å². The highest BCUT2D eigenvalue weighted by Gasteiger charge is 1.86. The number of rotatable bonds is 7. The summed E-state index contributed by atoms with van der Waals surface area (Å²) in [5.41, 5.74) is 0. The van der Waals surface area contributed by atoms with Crippen molar-refractivity contribution in [3.63, 3.8) is 0 Å². The first kappa shape index (κ1) is 17.7. The van der Waals surface area contributed by atoms with Gasteiger partial charge in [-0.2, -0.15) is 0 Å². The van der Waals surface area contributed by atoms with E-state index < -0.39 is 0 Å². The lowest BCUT2D eigenvalue weighted by atomic mass is 10.4. The molecule has 0 unspecified atom stereocenters. The number of hydrogen-bond donors (Lipinski definition) is 0. The molecule has 0 aliphatic carbocycles. The third kappa shape index (κ3) is 23.3. The Bertz CT molecular complexity index is 173. The summed E-state index contributed by atoms with van der Waals surface area (Å²) in [5, 5.41) is 0. The van der Waals surface area contributed by atoms with E-state index in [0.717, 1.165) is 39.3 Å². The maximum absolute atomic E-state index is 4.83. The minimum atomic E-state index is 0.775. The molecule has 0 radical (unpaired) electrons. The highest BCUT2D eigenvalue weighted by Crippen LogP contribution is 1.82. The molecule has 0 aliphatic heterocycles. The second-order valence-electron chi connectivity index (χ2n) is 3.39. The number of hydrogen-bond acceptors (Lipinski definition) is 4. The molecule has 0 saturated carbocycles. The molecule has 96 valence electrons. The first-order valence-corrected chi connectivity index (χ1v) is 5.99. The van der Waals surface area contributed by atoms with Crippen LogP contribution in [0.15, 0.2) is 9.98 Å². The van der Waals surface area contributed by atoms with Crippen LogP contribution in [-0.2, 0) is 4.74 Å². The Hall–Kier alpha value is -0.700. The minimum absolute atomic E-state index is 0.775. The Balaban J connectivity index is 0. The van der Waals surface area contributed by atoms with Crippen LogP contribution in [-0.4, -0.2) is 57.9 Å². The first-order chi connectivity index (χ1) is 7.68. The van der Waals surface area contributed by atoms with E-state index in [1.54, 1.807) is 0 Å². The molecule has 4 nitrogen and oxygen atoms in total. The first-order valence-electron chi connectivity index (χ1n) is 5.99. The summed E-state index contributed by atoms with van der Waals surface area (Å²) < 4.78 is 4.83. The molecule has 0 fully saturated rings. The Kier molecular flexibility index (Phi) is 18.5. The monoisotopic (exact) mass is 229 g/mol. The van der Waals surface area contributed by atoms with Gasteiger partial charge in [0, 0.05) is 19.8 Å². The van der Waals surface area contributed by atoms with Gasteiger partial charge < -0.3 is 9.64 Å². The van der Waals surface area contributed by atoms with Crippen molar-refractivity contribution in [3.05, 3.63) is 0 Å². The predicted molar refractivity (Wildman–Crippen MR) is 70.6 cm³/mol. The molecule has 0 atom stereocenters. The summed E-state index contributed by atoms with van der Waals surface area (Å²) in [5.74, 6) is 0. The third-order valence-corrected chi connectivity index (χ3v) is 1.58. The second kappa shape index (κ2) is 16.7. The van der Waals surface area contributed by atoms with Gasteiger partial charge in [0.15, 0.2) is 0 Å². The molecular weight excluding hydrogens is 202 g/mol. The van der Waals surface area contributed by atoms with Crippen molar-refractivity contribution in [2.45, 2.75) is 27.2 Å². The lowest BCUT2D eigenvalue weighted by Crippen LogP contribution is -2.13. The molecule has 0 heterocycles. The van der Waals surface area contributed by atoms with Gasteiger partial charge >= 0.3 is 0 Å². The maximum Gasteiger partial charge on any atom is 0.0892 e. The fraction of sp³-hybridized carbons (Fsp3) is 0.917. The molecule has 0 aromatic carbocycles. The summed E-state index contributed by atoms with van der Waals surface area (Å²) in [7, 11) is 4.12. The van der Waals surface area contributed by atoms with Crippen LogP contribution >= 0.6 is 0 Å². The average Bonchev–Trinajstić information content (AvgIpc) is 2.25. The highest BCUT2D eigenvalue weighted by atomic mass is 16.5. The molecule has 0 spiro atoms. The van der Waals surface area contributed by atoms with Crippen molar-refractivity contribution in [2.24, 2.45) is 9.98 Å². The van der Waals surface area contributed by atoms with E-state index in [1.165, 1.54) is 0 Å². The largest absolute Gasteiger partial charge is 0.382 e. The normalized spacial score (nSPS) is 9.12. The number of ether oxygens (including phenoxy) is 1. The molecule has 0 N–H and O–H groups in total. The molecule has 0 aromatic heterocycles. The van der Waals surface area contributed by atoms with Crippen LogP contribution in [0.2, 0.25) is 0 Å². The summed E-state index contributed by atoms with van der Waals surface area (Å²) in [4.78, 5) is 9.99. The molecule has 0 rings (SSSR count). The van der Waals surface area contributed by atoms with Crippen LogP contribution in [0.5, 0.6) is 0 Å². The van der Waals surface area contributed by atoms with Crippen LogP contribution in [0, 0.1) is 0 Å². The van der Waals surface area contributed by atoms with Gasteiger partial charge in [-0.25, -0.2) is 9.98 Å². The molecule has 0 amide bonds. The fourth-order valence-electron chi connectivity index (χ4n) is 0.841. The summed E-state index contributed by atoms with van der Waals surface area (Å²) in [6.07, 6.45) is 1.08. The zero-order valence-electron chi connectivity index (χ0n) is 11.5. The van der Waals surface area contributed by atoms with Gasteiger partial charge in [0.1, 0.15) is 0 Å². The van der Waals surface area contributed by atoms with E-state index in [-0.39, 0.29) is 0 Å². The molecule has 0 bridgehead atoms. The van der Waals surface area contributed by atoms with Gasteiger partial charge in [-0.1, -0.05) is 0 Å². The quantitative estimate of drug-likeness (QED) is 0.495. The lowest BCUT2D eigenvalue weighted by molar-refractivity contribution is 0.162. The van der Waals surface area contributed by atoms with Crippen LogP contribution in [0.4, 0.5) is 0 Å². The van der Waals surface area contributed by atoms with Crippen molar-refractivity contribution in [3.8, 4) is 0 Å². The number of aliphatic imine (C=N–C) groups is 2. The Morgan fingerprint density at radius 3 is 2.06 bits per heavy atom. The summed E-state index contributed by atoms with van der Waals surface area (Å²) in [6.45, 7) is 10.3. The van der Waals surface area contributed by atoms with Crippen LogP contribution in [0.25, 0.3) is 0 Å². The molecule has 0 aromatic rings. The van der Waals surface area contributed by atoms with Gasteiger partial charge in [-0.05, 0) is 47.8 Å². The van der Waals surface area contributed by atoms with Crippen LogP contribution in [0.1, 0.15) is 27.2 Å². The van der Waals surface area contributed by atoms with E-state index >= 15 is 0 Å². The minimum Gasteiger partial charge on any atom is -0.382 e. The van der Waals surface area contributed by atoms with Crippen molar-refractivity contribution in [1.29, 1.82) is 0 Å². The lowest BCUT2D eigenvalue weighted by Gasteiger charge is -2.05. The Morgan fingerprint density at radius 1 is 1.06 bits per heavy atom. The van der Waals surface area contributed by atoms with Gasteiger partial charge in [-0.3, -0.25) is 0 Å². The van der Waals surface area contributed by atoms with E-state index in [4.69, 9.17) is 4.74 Å². The molecule has 16 heavy (non-hydrogen) atoms. The topological polar surface area (TPSA) is 37.2 Å². The van der Waals surface area contributed by atoms with Crippen LogP contribution in [0.3, 0.4) is 0 Å². The zero-order valence-corrected chi connectivity index (χ0v) is 11.5. The van der Waals surface area contributed by atoms with E-state index in [1.807, 2.05) is 20.8 Å². The standard InChI is InChI=1S/C8H17N3.C4H10O/c1-4-9-8-10-6-5-7-11(2)3;1-3-5-4-2/h4-7H2,1-3H3;3-4H2,1-2H3. The van der Waals surface area contributed by atoms with E-state index in [0.29, 0.717) is 0 Å². The van der Waals surface area contributed by atoms with Crippen LogP contribution < -0.4 is 0 Å². The molecule has 0 saturated heterocycles. The summed E-state index contributed by atoms with van der Waals surface area (Å²) in [6, 6.07) is 2.64. The second-order valence-corrected chi connectivity index (χ2v) is 3.39. The highest BCUT2D eigenvalue weighted by molar-refractivity contribution is 5.40. The predicted octanol–water partition coefficient (Wildman–Crippen LogP) is 2.17. The van der Waals surface area contributed by atoms with Gasteiger partial charge in [0.25, 0.3) is 0 Å². The Labute approximate surface area is 100 Å². The average molecular weight is 229 g/mol. The van der Waals surface area contributed by atoms with Crippen molar-refractivity contribution >= 4 is 6.01 Å². The molecule has 4 heteroatoms. The van der Waals surface area contributed by atoms with Gasteiger partial charge in [0.05, 0.1) is 12.6 Å². The zero-order chi connectivity index (χ0) is 12.6. The fourth-order valence-corrected chi connectivity index (χ4v) is 0.841. The van der Waals surface area contributed by atoms with Crippen molar-refractivity contribution in [2.75, 3.05) is 46.9 Å². The van der Waals surface area contributed by atoms with Gasteiger partial charge in [-0.15, -0.1) is 0 Å². The van der Waals surface area contributed by atoms with Gasteiger partial charge in [0.2, 0.25) is 0 Å². The van der Waals surface area contributed by atoms with Crippen molar-refractivity contribution < 1.29 is 4.74 Å². The summed E-state index contributed by atoms with van der Waals surface area (Å²) >= 11 is 0. The smallest absolute Gasteiger partial charge is 0.0892 e. The SMILES string of the molecule is CCN=C=NCCCN(C)C.CCOCC. The maximum atomic E-state index is 4.83. The molecular formula is C12H27N3O. The Morgan fingerprint density at radius 2 is 1.69 bits per heavy atom. The van der Waals surface area contributed by atoms with E-state index in [9.17, 15) is 0 Å². The third-order valence-electron chi connectivity index (χ3n) is 1.58.